The number of methoxy groups -OCH3 is 2. The summed E-state index contributed by atoms with van der Waals surface area (Å²) in [6.45, 7) is -0.267. The van der Waals surface area contributed by atoms with Gasteiger partial charge < -0.3 is 20.5 Å². The van der Waals surface area contributed by atoms with Gasteiger partial charge >= 0.3 is 0 Å². The minimum atomic E-state index is -0.516. The third kappa shape index (κ3) is 4.09. The van der Waals surface area contributed by atoms with Gasteiger partial charge in [0.2, 0.25) is 5.91 Å². The fraction of sp³-hybridized carbons (Fsp3) is 0.167. The molecule has 0 radical (unpaired) electrons. The molecule has 3 N–H and O–H groups in total. The van der Waals surface area contributed by atoms with Crippen LogP contribution in [0.2, 0.25) is 0 Å². The number of nitrogens with two attached hydrogens (primary N) is 1. The van der Waals surface area contributed by atoms with Crippen molar-refractivity contribution in [1.82, 2.24) is 9.78 Å². The quantitative estimate of drug-likeness (QED) is 0.672. The molecule has 9 heteroatoms. The summed E-state index contributed by atoms with van der Waals surface area (Å²) >= 11 is 1.47. The molecule has 0 atom stereocenters. The highest BCUT2D eigenvalue weighted by Gasteiger charge is 2.13. The van der Waals surface area contributed by atoms with Gasteiger partial charge in [0.15, 0.2) is 11.5 Å². The lowest BCUT2D eigenvalue weighted by Gasteiger charge is -2.11. The molecule has 8 nitrogen and oxygen atoms in total. The van der Waals surface area contributed by atoms with E-state index < -0.39 is 11.5 Å². The molecule has 0 saturated heterocycles. The fourth-order valence-electron chi connectivity index (χ4n) is 2.46. The number of nitrogens with one attached hydrogen (secondary N) is 1. The van der Waals surface area contributed by atoms with Crippen molar-refractivity contribution >= 4 is 28.6 Å². The van der Waals surface area contributed by atoms with Crippen molar-refractivity contribution in [3.8, 4) is 22.1 Å². The Bertz CT molecular complexity index is 1010. The Labute approximate surface area is 159 Å². The van der Waals surface area contributed by atoms with Crippen LogP contribution < -0.4 is 26.1 Å². The standard InChI is InChI=1S/C18H18N4O4S/c1-25-14-6-5-11(8-15(14)26-2)20-17(23)10-22-18(24)12(19)9-13(21-22)16-4-3-7-27-16/h3-9H,10,19H2,1-2H3,(H,20,23). The zero-order valence-electron chi connectivity index (χ0n) is 14.8. The number of aromatic nitrogens is 2. The van der Waals surface area contributed by atoms with Crippen LogP contribution >= 0.6 is 11.3 Å². The number of hydrogen-bond acceptors (Lipinski definition) is 7. The number of anilines is 2. The average Bonchev–Trinajstić information content (AvgIpc) is 3.19. The molecule has 0 unspecified atom stereocenters. The zero-order chi connectivity index (χ0) is 19.4. The number of carbonyl (C=O) groups is 1. The fourth-order valence-corrected chi connectivity index (χ4v) is 3.15. The summed E-state index contributed by atoms with van der Waals surface area (Å²) in [5.74, 6) is 0.610. The number of benzene rings is 1. The average molecular weight is 386 g/mol. The summed E-state index contributed by atoms with van der Waals surface area (Å²) in [7, 11) is 3.03. The smallest absolute Gasteiger partial charge is 0.290 e. The van der Waals surface area contributed by atoms with E-state index in [4.69, 9.17) is 15.2 Å². The monoisotopic (exact) mass is 386 g/mol. The minimum Gasteiger partial charge on any atom is -0.493 e. The highest BCUT2D eigenvalue weighted by Crippen LogP contribution is 2.29. The molecule has 140 valence electrons. The predicted octanol–water partition coefficient (Wildman–Crippen LogP) is 2.21. The summed E-state index contributed by atoms with van der Waals surface area (Å²) in [4.78, 5) is 25.5. The highest BCUT2D eigenvalue weighted by atomic mass is 32.1. The highest BCUT2D eigenvalue weighted by molar-refractivity contribution is 7.13. The molecule has 0 aliphatic carbocycles. The summed E-state index contributed by atoms with van der Waals surface area (Å²) < 4.78 is 11.4. The topological polar surface area (TPSA) is 108 Å². The van der Waals surface area contributed by atoms with Crippen LogP contribution in [-0.4, -0.2) is 29.9 Å². The van der Waals surface area contributed by atoms with Crippen molar-refractivity contribution in [3.05, 3.63) is 52.1 Å². The normalized spacial score (nSPS) is 10.4. The number of hydrogen-bond donors (Lipinski definition) is 2. The number of ether oxygens (including phenoxy) is 2. The summed E-state index contributed by atoms with van der Waals surface area (Å²) in [5, 5.41) is 8.85. The lowest BCUT2D eigenvalue weighted by atomic mass is 10.2. The lowest BCUT2D eigenvalue weighted by Crippen LogP contribution is -2.31. The van der Waals surface area contributed by atoms with Crippen molar-refractivity contribution in [2.75, 3.05) is 25.3 Å². The van der Waals surface area contributed by atoms with Crippen LogP contribution in [0.1, 0.15) is 0 Å². The van der Waals surface area contributed by atoms with E-state index in [0.29, 0.717) is 22.9 Å². The molecule has 1 amide bonds. The third-order valence-electron chi connectivity index (χ3n) is 3.74. The molecule has 0 bridgehead atoms. The Morgan fingerprint density at radius 3 is 2.67 bits per heavy atom. The first-order chi connectivity index (χ1) is 13.0. The van der Waals surface area contributed by atoms with Crippen LogP contribution in [-0.2, 0) is 11.3 Å². The minimum absolute atomic E-state index is 0.0346. The van der Waals surface area contributed by atoms with Gasteiger partial charge in [-0.1, -0.05) is 6.07 Å². The van der Waals surface area contributed by atoms with Gasteiger partial charge in [0.25, 0.3) is 5.56 Å². The second-order valence-corrected chi connectivity index (χ2v) is 6.49. The first kappa shape index (κ1) is 18.5. The van der Waals surface area contributed by atoms with Crippen LogP contribution in [0, 0.1) is 0 Å². The molecular weight excluding hydrogens is 368 g/mol. The van der Waals surface area contributed by atoms with E-state index in [-0.39, 0.29) is 12.2 Å². The molecule has 1 aromatic carbocycles. The Morgan fingerprint density at radius 1 is 1.22 bits per heavy atom. The van der Waals surface area contributed by atoms with Crippen molar-refractivity contribution < 1.29 is 14.3 Å². The molecule has 0 spiro atoms. The SMILES string of the molecule is COc1ccc(NC(=O)Cn2nc(-c3cccs3)cc(N)c2=O)cc1OC. The van der Waals surface area contributed by atoms with Gasteiger partial charge in [-0.15, -0.1) is 11.3 Å². The second-order valence-electron chi connectivity index (χ2n) is 5.54. The number of carbonyl (C=O) groups excluding carboxylic acids is 1. The Balaban J connectivity index is 1.81. The van der Waals surface area contributed by atoms with Gasteiger partial charge in [-0.3, -0.25) is 9.59 Å². The van der Waals surface area contributed by atoms with Gasteiger partial charge in [-0.05, 0) is 29.6 Å². The van der Waals surface area contributed by atoms with Gasteiger partial charge in [0.05, 0.1) is 19.1 Å². The van der Waals surface area contributed by atoms with Gasteiger partial charge in [0.1, 0.15) is 17.9 Å². The lowest BCUT2D eigenvalue weighted by molar-refractivity contribution is -0.117. The number of thiophene rings is 1. The van der Waals surface area contributed by atoms with E-state index in [9.17, 15) is 9.59 Å². The summed E-state index contributed by atoms with van der Waals surface area (Å²) in [6.07, 6.45) is 0. The predicted molar refractivity (Wildman–Crippen MR) is 104 cm³/mol. The van der Waals surface area contributed by atoms with Crippen molar-refractivity contribution in [1.29, 1.82) is 0 Å². The largest absolute Gasteiger partial charge is 0.493 e. The van der Waals surface area contributed by atoms with E-state index in [0.717, 1.165) is 9.56 Å². The molecule has 3 aromatic rings. The Kier molecular flexibility index (Phi) is 5.41. The zero-order valence-corrected chi connectivity index (χ0v) is 15.6. The first-order valence-electron chi connectivity index (χ1n) is 7.95. The van der Waals surface area contributed by atoms with Crippen LogP contribution in [0.25, 0.3) is 10.6 Å². The molecular formula is C18H18N4O4S. The van der Waals surface area contributed by atoms with Gasteiger partial charge in [-0.2, -0.15) is 5.10 Å². The van der Waals surface area contributed by atoms with E-state index in [1.54, 1.807) is 18.2 Å². The molecule has 27 heavy (non-hydrogen) atoms. The van der Waals surface area contributed by atoms with E-state index in [1.165, 1.54) is 31.6 Å². The van der Waals surface area contributed by atoms with Crippen LogP contribution in [0.15, 0.2) is 46.6 Å². The first-order valence-corrected chi connectivity index (χ1v) is 8.83. The molecule has 0 saturated carbocycles. The van der Waals surface area contributed by atoms with Gasteiger partial charge in [-0.25, -0.2) is 4.68 Å². The molecule has 2 aromatic heterocycles. The maximum Gasteiger partial charge on any atom is 0.290 e. The number of nitrogen functional groups attached to an aromatic ring is 1. The van der Waals surface area contributed by atoms with Crippen molar-refractivity contribution in [2.45, 2.75) is 6.54 Å². The molecule has 0 aliphatic heterocycles. The van der Waals surface area contributed by atoms with Crippen molar-refractivity contribution in [2.24, 2.45) is 0 Å². The van der Waals surface area contributed by atoms with E-state index >= 15 is 0 Å². The van der Waals surface area contributed by atoms with E-state index in [1.807, 2.05) is 17.5 Å². The summed E-state index contributed by atoms with van der Waals surface area (Å²) in [6, 6.07) is 10.2. The molecule has 3 rings (SSSR count). The second kappa shape index (κ2) is 7.92. The third-order valence-corrected chi connectivity index (χ3v) is 4.63. The Morgan fingerprint density at radius 2 is 2.00 bits per heavy atom. The van der Waals surface area contributed by atoms with Crippen LogP contribution in [0.5, 0.6) is 11.5 Å². The molecule has 0 fully saturated rings. The number of amides is 1. The Hall–Kier alpha value is -3.33. The van der Waals surface area contributed by atoms with Gasteiger partial charge in [0, 0.05) is 11.8 Å². The number of rotatable bonds is 6. The van der Waals surface area contributed by atoms with Crippen LogP contribution in [0.4, 0.5) is 11.4 Å². The van der Waals surface area contributed by atoms with E-state index in [2.05, 4.69) is 10.4 Å². The van der Waals surface area contributed by atoms with Crippen molar-refractivity contribution in [3.63, 3.8) is 0 Å². The summed E-state index contributed by atoms with van der Waals surface area (Å²) in [5.41, 5.74) is 6.36. The number of nitrogens with zero attached hydrogens (tertiary/aromatic N) is 2. The maximum absolute atomic E-state index is 12.4. The van der Waals surface area contributed by atoms with Crippen LogP contribution in [0.3, 0.4) is 0 Å². The molecule has 2 heterocycles. The molecule has 0 aliphatic rings. The maximum atomic E-state index is 12.4.